The van der Waals surface area contributed by atoms with Gasteiger partial charge in [0, 0.05) is 0 Å². The molecule has 0 amide bonds. The molecule has 0 radical (unpaired) electrons. The van der Waals surface area contributed by atoms with Crippen LogP contribution < -0.4 is 0 Å². The Morgan fingerprint density at radius 2 is 0.804 bits per heavy atom. The van der Waals surface area contributed by atoms with Crippen LogP contribution >= 0.6 is 0 Å². The van der Waals surface area contributed by atoms with E-state index in [1.165, 1.54) is 0 Å². The molecule has 0 bridgehead atoms. The fraction of sp³-hybridized carbons (Fsp3) is 0. The summed E-state index contributed by atoms with van der Waals surface area (Å²) in [5, 5.41) is 4.74. The maximum atomic E-state index is 10.2. The quantitative estimate of drug-likeness (QED) is 0.179. The van der Waals surface area contributed by atoms with Crippen molar-refractivity contribution in [3.05, 3.63) is 182 Å². The second-order valence-corrected chi connectivity index (χ2v) is 11.5. The van der Waals surface area contributed by atoms with E-state index < -0.39 is 0 Å². The monoisotopic (exact) mass is 589 g/mol. The Morgan fingerprint density at radius 3 is 1.52 bits per heavy atom. The SMILES string of the molecule is [2H]c1c([2H])c([2H])c2c(-c3cccc4ccccc34)c3c([2H])c(-c4cccc5ccccc45)c([2H])c([2H])c3c(-c3ccccc3-c3ccccc3)c2c1[2H]. The van der Waals surface area contributed by atoms with E-state index in [2.05, 4.69) is 0 Å². The highest BCUT2D eigenvalue weighted by atomic mass is 14.2. The first-order valence-electron chi connectivity index (χ1n) is 18.9. The third kappa shape index (κ3) is 4.23. The van der Waals surface area contributed by atoms with Crippen LogP contribution in [-0.2, 0) is 0 Å². The van der Waals surface area contributed by atoms with E-state index in [9.17, 15) is 6.85 Å². The number of hydrogen-bond acceptors (Lipinski definition) is 0. The van der Waals surface area contributed by atoms with Crippen LogP contribution in [0.2, 0.25) is 0 Å². The molecule has 0 heterocycles. The molecule has 0 heteroatoms. The molecule has 0 spiro atoms. The summed E-state index contributed by atoms with van der Waals surface area (Å²) in [5.74, 6) is 0. The van der Waals surface area contributed by atoms with Crippen molar-refractivity contribution in [3.63, 3.8) is 0 Å². The van der Waals surface area contributed by atoms with Gasteiger partial charge in [-0.15, -0.1) is 0 Å². The maximum Gasteiger partial charge on any atom is 0.0636 e. The minimum Gasteiger partial charge on any atom is -0.0622 e. The van der Waals surface area contributed by atoms with Gasteiger partial charge in [0.25, 0.3) is 0 Å². The van der Waals surface area contributed by atoms with Crippen LogP contribution in [0.1, 0.15) is 9.60 Å². The zero-order chi connectivity index (χ0) is 36.5. The Balaban J connectivity index is 1.61. The fourth-order valence-corrected chi connectivity index (χ4v) is 6.85. The normalized spacial score (nSPS) is 13.6. The Hall–Kier alpha value is -5.98. The number of benzene rings is 9. The van der Waals surface area contributed by atoms with Crippen molar-refractivity contribution >= 4 is 43.1 Å². The average Bonchev–Trinajstić information content (AvgIpc) is 3.20. The van der Waals surface area contributed by atoms with Crippen LogP contribution in [0.25, 0.3) is 87.6 Å². The van der Waals surface area contributed by atoms with Crippen LogP contribution in [0.4, 0.5) is 0 Å². The second kappa shape index (κ2) is 10.9. The molecule has 0 N–H and O–H groups in total. The standard InChI is InChI=1S/C46H30/c1-2-14-31(15-3-1)36-22-8-9-23-39(36)45-41-24-10-11-25-42(41)46(40-27-13-19-33-17-5-7-21-37(33)40)44-30-34(28-29-43(44)45)38-26-12-18-32-16-4-6-20-35(32)38/h1-30H/i10D,11D,24D,25D,28D,29D,30D. The molecule has 0 fully saturated rings. The van der Waals surface area contributed by atoms with Crippen molar-refractivity contribution < 1.29 is 9.60 Å². The van der Waals surface area contributed by atoms with Gasteiger partial charge in [-0.05, 0) is 93.6 Å². The Morgan fingerprint density at radius 1 is 0.304 bits per heavy atom. The number of rotatable bonds is 4. The highest BCUT2D eigenvalue weighted by Gasteiger charge is 2.20. The van der Waals surface area contributed by atoms with Gasteiger partial charge in [0.2, 0.25) is 0 Å². The van der Waals surface area contributed by atoms with E-state index >= 15 is 0 Å². The van der Waals surface area contributed by atoms with Crippen LogP contribution in [0.3, 0.4) is 0 Å². The van der Waals surface area contributed by atoms with Gasteiger partial charge in [-0.2, -0.15) is 0 Å². The Bertz CT molecular complexity index is 2960. The second-order valence-electron chi connectivity index (χ2n) is 11.5. The molecule has 0 saturated heterocycles. The lowest BCUT2D eigenvalue weighted by molar-refractivity contribution is 1.60. The predicted octanol–water partition coefficient (Wildman–Crippen LogP) is 13.0. The maximum absolute atomic E-state index is 10.2. The molecule has 9 aromatic rings. The molecule has 0 aliphatic heterocycles. The molecule has 0 aliphatic carbocycles. The van der Waals surface area contributed by atoms with E-state index in [0.29, 0.717) is 44.2 Å². The summed E-state index contributed by atoms with van der Waals surface area (Å²) < 4.78 is 66.6. The minimum absolute atomic E-state index is 0.0213. The molecule has 0 saturated carbocycles. The van der Waals surface area contributed by atoms with Crippen molar-refractivity contribution in [1.82, 2.24) is 0 Å². The summed E-state index contributed by atoms with van der Waals surface area (Å²) in [6, 6.07) is 43.2. The number of fused-ring (bicyclic) bond motifs is 4. The summed E-state index contributed by atoms with van der Waals surface area (Å²) in [5.41, 5.74) is 4.81. The van der Waals surface area contributed by atoms with Crippen LogP contribution in [-0.4, -0.2) is 0 Å². The van der Waals surface area contributed by atoms with Gasteiger partial charge >= 0.3 is 0 Å². The van der Waals surface area contributed by atoms with Gasteiger partial charge in [-0.25, -0.2) is 0 Å². The van der Waals surface area contributed by atoms with Gasteiger partial charge in [-0.1, -0.05) is 176 Å². The van der Waals surface area contributed by atoms with E-state index in [0.717, 1.165) is 32.7 Å². The first kappa shape index (κ1) is 20.1. The average molecular weight is 590 g/mol. The Kier molecular flexibility index (Phi) is 4.76. The predicted molar refractivity (Wildman–Crippen MR) is 198 cm³/mol. The van der Waals surface area contributed by atoms with Gasteiger partial charge in [0.05, 0.1) is 9.60 Å². The minimum atomic E-state index is -0.389. The third-order valence-electron chi connectivity index (χ3n) is 8.90. The molecular weight excluding hydrogens is 553 g/mol. The van der Waals surface area contributed by atoms with E-state index in [-0.39, 0.29) is 53.1 Å². The smallest absolute Gasteiger partial charge is 0.0622 e. The lowest BCUT2D eigenvalue weighted by atomic mass is 9.82. The van der Waals surface area contributed by atoms with Crippen LogP contribution in [0.15, 0.2) is 182 Å². The highest BCUT2D eigenvalue weighted by Crippen LogP contribution is 2.48. The summed E-state index contributed by atoms with van der Waals surface area (Å²) in [7, 11) is 0. The fourth-order valence-electron chi connectivity index (χ4n) is 6.85. The molecule has 214 valence electrons. The van der Waals surface area contributed by atoms with Crippen molar-refractivity contribution in [2.24, 2.45) is 0 Å². The first-order valence-corrected chi connectivity index (χ1v) is 15.4. The number of hydrogen-bond donors (Lipinski definition) is 0. The van der Waals surface area contributed by atoms with E-state index in [1.807, 2.05) is 140 Å². The molecule has 0 atom stereocenters. The van der Waals surface area contributed by atoms with Crippen LogP contribution in [0.5, 0.6) is 0 Å². The summed E-state index contributed by atoms with van der Waals surface area (Å²) in [4.78, 5) is 0. The van der Waals surface area contributed by atoms with Crippen molar-refractivity contribution in [2.75, 3.05) is 0 Å². The molecule has 0 unspecified atom stereocenters. The molecule has 0 aromatic heterocycles. The molecule has 9 aromatic carbocycles. The van der Waals surface area contributed by atoms with E-state index in [1.54, 1.807) is 0 Å². The van der Waals surface area contributed by atoms with Gasteiger partial charge in [-0.3, -0.25) is 0 Å². The summed E-state index contributed by atoms with van der Waals surface area (Å²) in [6.07, 6.45) is 0. The third-order valence-corrected chi connectivity index (χ3v) is 8.90. The topological polar surface area (TPSA) is 0 Å². The lowest BCUT2D eigenvalue weighted by Gasteiger charge is -2.21. The largest absolute Gasteiger partial charge is 0.0636 e. The summed E-state index contributed by atoms with van der Waals surface area (Å²) >= 11 is 0. The zero-order valence-corrected chi connectivity index (χ0v) is 24.8. The van der Waals surface area contributed by atoms with Crippen molar-refractivity contribution in [1.29, 1.82) is 0 Å². The molecule has 0 nitrogen and oxygen atoms in total. The molecule has 9 rings (SSSR count). The van der Waals surface area contributed by atoms with Gasteiger partial charge in [0.15, 0.2) is 0 Å². The van der Waals surface area contributed by atoms with Gasteiger partial charge in [0.1, 0.15) is 0 Å². The first-order chi connectivity index (χ1) is 25.8. The van der Waals surface area contributed by atoms with Gasteiger partial charge < -0.3 is 0 Å². The molecule has 46 heavy (non-hydrogen) atoms. The van der Waals surface area contributed by atoms with E-state index in [4.69, 9.17) is 2.74 Å². The summed E-state index contributed by atoms with van der Waals surface area (Å²) in [6.45, 7) is 0. The highest BCUT2D eigenvalue weighted by molar-refractivity contribution is 6.25. The lowest BCUT2D eigenvalue weighted by Crippen LogP contribution is -1.94. The zero-order valence-electron chi connectivity index (χ0n) is 31.8. The Labute approximate surface area is 278 Å². The van der Waals surface area contributed by atoms with Crippen molar-refractivity contribution in [2.45, 2.75) is 0 Å². The van der Waals surface area contributed by atoms with Crippen molar-refractivity contribution in [3.8, 4) is 44.5 Å². The molecular formula is C46H30. The molecule has 0 aliphatic rings. The van der Waals surface area contributed by atoms with Crippen LogP contribution in [0, 0.1) is 0 Å².